The van der Waals surface area contributed by atoms with Crippen LogP contribution >= 0.6 is 0 Å². The standard InChI is InChI=1S/C6H12N6/c7-5-9-6(11-10-5)12-3-1-8-2-4-12/h8H,1-4H2,(H3,7,9,10,11). The van der Waals surface area contributed by atoms with Crippen LogP contribution in [0, 0.1) is 0 Å². The van der Waals surface area contributed by atoms with Crippen LogP contribution in [0.1, 0.15) is 0 Å². The van der Waals surface area contributed by atoms with E-state index in [0.717, 1.165) is 32.1 Å². The van der Waals surface area contributed by atoms with Crippen LogP contribution in [0.3, 0.4) is 0 Å². The molecule has 1 aliphatic rings. The summed E-state index contributed by atoms with van der Waals surface area (Å²) in [6.07, 6.45) is 0. The number of nitrogens with two attached hydrogens (primary N) is 1. The van der Waals surface area contributed by atoms with E-state index in [1.165, 1.54) is 0 Å². The average molecular weight is 168 g/mol. The Morgan fingerprint density at radius 2 is 2.08 bits per heavy atom. The molecule has 6 nitrogen and oxygen atoms in total. The highest BCUT2D eigenvalue weighted by Crippen LogP contribution is 2.07. The minimum atomic E-state index is 0.309. The highest BCUT2D eigenvalue weighted by molar-refractivity contribution is 5.34. The van der Waals surface area contributed by atoms with Gasteiger partial charge >= 0.3 is 0 Å². The fraction of sp³-hybridized carbons (Fsp3) is 0.667. The summed E-state index contributed by atoms with van der Waals surface area (Å²) in [6, 6.07) is 0. The third kappa shape index (κ3) is 1.33. The number of nitrogens with zero attached hydrogens (tertiary/aromatic N) is 3. The second kappa shape index (κ2) is 2.98. The predicted molar refractivity (Wildman–Crippen MR) is 45.9 cm³/mol. The molecule has 1 aromatic rings. The van der Waals surface area contributed by atoms with Crippen molar-refractivity contribution in [2.45, 2.75) is 0 Å². The van der Waals surface area contributed by atoms with Crippen molar-refractivity contribution in [3.63, 3.8) is 0 Å². The zero-order valence-corrected chi connectivity index (χ0v) is 6.75. The quantitative estimate of drug-likeness (QED) is 0.490. The molecule has 1 fully saturated rings. The molecule has 4 N–H and O–H groups in total. The maximum absolute atomic E-state index is 5.39. The molecule has 0 bridgehead atoms. The van der Waals surface area contributed by atoms with Crippen molar-refractivity contribution in [3.05, 3.63) is 0 Å². The van der Waals surface area contributed by atoms with Crippen molar-refractivity contribution < 1.29 is 0 Å². The lowest BCUT2D eigenvalue weighted by molar-refractivity contribution is 0.580. The maximum Gasteiger partial charge on any atom is 0.241 e. The number of aromatic nitrogens is 3. The molecule has 0 spiro atoms. The number of H-pyrrole nitrogens is 1. The maximum atomic E-state index is 5.39. The average Bonchev–Trinajstić information content (AvgIpc) is 2.54. The molecule has 0 radical (unpaired) electrons. The van der Waals surface area contributed by atoms with Crippen molar-refractivity contribution in [1.29, 1.82) is 0 Å². The van der Waals surface area contributed by atoms with E-state index < -0.39 is 0 Å². The molecular formula is C6H12N6. The fourth-order valence-electron chi connectivity index (χ4n) is 1.28. The predicted octanol–water partition coefficient (Wildman–Crippen LogP) is -1.20. The van der Waals surface area contributed by atoms with Crippen LogP contribution in [0.15, 0.2) is 0 Å². The second-order valence-electron chi connectivity index (χ2n) is 2.75. The number of nitrogen functional groups attached to an aromatic ring is 1. The molecular weight excluding hydrogens is 156 g/mol. The smallest absolute Gasteiger partial charge is 0.241 e. The van der Waals surface area contributed by atoms with Crippen molar-refractivity contribution in [2.24, 2.45) is 0 Å². The molecule has 2 rings (SSSR count). The Bertz CT molecular complexity index is 250. The van der Waals surface area contributed by atoms with Crippen LogP contribution in [0.5, 0.6) is 0 Å². The summed E-state index contributed by atoms with van der Waals surface area (Å²) in [5.41, 5.74) is 5.39. The number of aromatic amines is 1. The lowest BCUT2D eigenvalue weighted by Crippen LogP contribution is -2.44. The summed E-state index contributed by atoms with van der Waals surface area (Å²) in [4.78, 5) is 6.17. The van der Waals surface area contributed by atoms with Gasteiger partial charge in [0.2, 0.25) is 11.9 Å². The van der Waals surface area contributed by atoms with E-state index in [2.05, 4.69) is 25.4 Å². The highest BCUT2D eigenvalue weighted by Gasteiger charge is 2.12. The van der Waals surface area contributed by atoms with Gasteiger partial charge in [-0.05, 0) is 0 Å². The molecule has 1 aromatic heterocycles. The number of hydrogen-bond acceptors (Lipinski definition) is 5. The molecule has 6 heteroatoms. The van der Waals surface area contributed by atoms with E-state index >= 15 is 0 Å². The van der Waals surface area contributed by atoms with E-state index in [-0.39, 0.29) is 0 Å². The summed E-state index contributed by atoms with van der Waals surface area (Å²) in [7, 11) is 0. The largest absolute Gasteiger partial charge is 0.366 e. The molecule has 0 aromatic carbocycles. The Morgan fingerprint density at radius 3 is 2.67 bits per heavy atom. The lowest BCUT2D eigenvalue weighted by atomic mass is 10.4. The first-order valence-electron chi connectivity index (χ1n) is 4.00. The lowest BCUT2D eigenvalue weighted by Gasteiger charge is -2.26. The van der Waals surface area contributed by atoms with Gasteiger partial charge in [-0.25, -0.2) is 5.10 Å². The van der Waals surface area contributed by atoms with Crippen LogP contribution < -0.4 is 16.0 Å². The molecule has 0 atom stereocenters. The van der Waals surface area contributed by atoms with Gasteiger partial charge in [-0.1, -0.05) is 0 Å². The number of piperazine rings is 1. The fourth-order valence-corrected chi connectivity index (χ4v) is 1.28. The van der Waals surface area contributed by atoms with Gasteiger partial charge in [0.15, 0.2) is 0 Å². The van der Waals surface area contributed by atoms with E-state index in [9.17, 15) is 0 Å². The number of nitrogens with one attached hydrogen (secondary N) is 2. The van der Waals surface area contributed by atoms with E-state index in [1.807, 2.05) is 0 Å². The van der Waals surface area contributed by atoms with Crippen LogP contribution in [0.4, 0.5) is 11.9 Å². The molecule has 0 unspecified atom stereocenters. The van der Waals surface area contributed by atoms with Gasteiger partial charge < -0.3 is 16.0 Å². The number of hydrogen-bond donors (Lipinski definition) is 3. The van der Waals surface area contributed by atoms with Gasteiger partial charge in [0.1, 0.15) is 0 Å². The Morgan fingerprint density at radius 1 is 1.33 bits per heavy atom. The summed E-state index contributed by atoms with van der Waals surface area (Å²) >= 11 is 0. The van der Waals surface area contributed by atoms with E-state index in [1.54, 1.807) is 0 Å². The minimum absolute atomic E-state index is 0.309. The Labute approximate surface area is 70.2 Å². The van der Waals surface area contributed by atoms with Crippen molar-refractivity contribution in [3.8, 4) is 0 Å². The van der Waals surface area contributed by atoms with Crippen molar-refractivity contribution in [1.82, 2.24) is 20.5 Å². The first-order chi connectivity index (χ1) is 5.86. The zero-order valence-electron chi connectivity index (χ0n) is 6.75. The van der Waals surface area contributed by atoms with Gasteiger partial charge in [-0.2, -0.15) is 4.98 Å². The van der Waals surface area contributed by atoms with E-state index in [4.69, 9.17) is 5.73 Å². The van der Waals surface area contributed by atoms with Gasteiger partial charge in [-0.15, -0.1) is 5.10 Å². The molecule has 0 amide bonds. The van der Waals surface area contributed by atoms with Crippen LogP contribution in [-0.2, 0) is 0 Å². The number of anilines is 2. The van der Waals surface area contributed by atoms with Gasteiger partial charge in [0.05, 0.1) is 0 Å². The Hall–Kier alpha value is -1.30. The normalized spacial score (nSPS) is 18.2. The van der Waals surface area contributed by atoms with Gasteiger partial charge in [-0.3, -0.25) is 0 Å². The summed E-state index contributed by atoms with van der Waals surface area (Å²) in [6.45, 7) is 3.88. The molecule has 2 heterocycles. The molecule has 1 aliphatic heterocycles. The first kappa shape index (κ1) is 7.35. The Kier molecular flexibility index (Phi) is 1.83. The topological polar surface area (TPSA) is 82.9 Å². The van der Waals surface area contributed by atoms with Crippen molar-refractivity contribution >= 4 is 11.9 Å². The molecule has 1 saturated heterocycles. The molecule has 0 aliphatic carbocycles. The summed E-state index contributed by atoms with van der Waals surface area (Å²) in [5, 5.41) is 9.81. The van der Waals surface area contributed by atoms with Crippen molar-refractivity contribution in [2.75, 3.05) is 36.8 Å². The van der Waals surface area contributed by atoms with E-state index in [0.29, 0.717) is 5.95 Å². The van der Waals surface area contributed by atoms with Crippen LogP contribution in [0.2, 0.25) is 0 Å². The molecule has 0 saturated carbocycles. The zero-order chi connectivity index (χ0) is 8.39. The number of rotatable bonds is 1. The minimum Gasteiger partial charge on any atom is -0.366 e. The Balaban J connectivity index is 2.08. The SMILES string of the molecule is Nc1n[nH]c(N2CCNCC2)n1. The van der Waals surface area contributed by atoms with Gasteiger partial charge in [0.25, 0.3) is 0 Å². The van der Waals surface area contributed by atoms with Crippen LogP contribution in [-0.4, -0.2) is 41.4 Å². The molecule has 66 valence electrons. The third-order valence-corrected chi connectivity index (χ3v) is 1.91. The second-order valence-corrected chi connectivity index (χ2v) is 2.75. The third-order valence-electron chi connectivity index (χ3n) is 1.91. The monoisotopic (exact) mass is 168 g/mol. The van der Waals surface area contributed by atoms with Gasteiger partial charge in [0, 0.05) is 26.2 Å². The van der Waals surface area contributed by atoms with Crippen LogP contribution in [0.25, 0.3) is 0 Å². The highest BCUT2D eigenvalue weighted by atomic mass is 15.4. The summed E-state index contributed by atoms with van der Waals surface area (Å²) < 4.78 is 0. The first-order valence-corrected chi connectivity index (χ1v) is 4.00. The summed E-state index contributed by atoms with van der Waals surface area (Å²) in [5.74, 6) is 1.08. The molecule has 12 heavy (non-hydrogen) atoms.